The maximum absolute atomic E-state index is 11.4. The van der Waals surface area contributed by atoms with Crippen molar-refractivity contribution in [2.24, 2.45) is 0 Å². The van der Waals surface area contributed by atoms with Gasteiger partial charge in [0.05, 0.1) is 12.6 Å². The van der Waals surface area contributed by atoms with Crippen LogP contribution in [-0.2, 0) is 9.53 Å². The number of hydrogen-bond donors (Lipinski definition) is 0. The molecule has 1 aromatic heterocycles. The van der Waals surface area contributed by atoms with Crippen molar-refractivity contribution in [2.45, 2.75) is 20.0 Å². The van der Waals surface area contributed by atoms with Crippen molar-refractivity contribution in [3.8, 4) is 17.5 Å². The largest absolute Gasteiger partial charge is 0.479 e. The minimum absolute atomic E-state index is 0.162. The summed E-state index contributed by atoms with van der Waals surface area (Å²) in [5, 5.41) is 8.05. The molecule has 0 saturated carbocycles. The first-order valence-corrected chi connectivity index (χ1v) is 7.68. The molecular formula is C18H17N3O4. The number of rotatable bonds is 5. The van der Waals surface area contributed by atoms with Crippen molar-refractivity contribution in [3.63, 3.8) is 0 Å². The van der Waals surface area contributed by atoms with E-state index in [1.165, 1.54) is 7.11 Å². The van der Waals surface area contributed by atoms with Gasteiger partial charge in [-0.3, -0.25) is 0 Å². The Balaban J connectivity index is 1.72. The number of hydrogen-bond acceptors (Lipinski definition) is 7. The van der Waals surface area contributed by atoms with Gasteiger partial charge in [0.1, 0.15) is 17.0 Å². The maximum Gasteiger partial charge on any atom is 0.346 e. The molecule has 0 aliphatic rings. The maximum atomic E-state index is 11.4. The van der Waals surface area contributed by atoms with Crippen LogP contribution in [0.25, 0.3) is 11.0 Å². The fraction of sp³-hybridized carbons (Fsp3) is 0.222. The number of nitrogens with zero attached hydrogens (tertiary/aromatic N) is 3. The van der Waals surface area contributed by atoms with E-state index in [-0.39, 0.29) is 6.01 Å². The van der Waals surface area contributed by atoms with E-state index in [0.717, 1.165) is 11.1 Å². The lowest BCUT2D eigenvalue weighted by Crippen LogP contribution is -2.24. The molecule has 0 amide bonds. The molecule has 7 heteroatoms. The Kier molecular flexibility index (Phi) is 4.74. The van der Waals surface area contributed by atoms with Gasteiger partial charge in [-0.1, -0.05) is 11.2 Å². The Labute approximate surface area is 144 Å². The monoisotopic (exact) mass is 339 g/mol. The van der Waals surface area contributed by atoms with Crippen LogP contribution in [0, 0.1) is 6.92 Å². The van der Waals surface area contributed by atoms with Crippen LogP contribution in [0.5, 0.6) is 17.5 Å². The van der Waals surface area contributed by atoms with E-state index in [1.54, 1.807) is 31.2 Å². The van der Waals surface area contributed by atoms with Crippen LogP contribution in [0.3, 0.4) is 0 Å². The van der Waals surface area contributed by atoms with Crippen LogP contribution in [0.15, 0.2) is 42.5 Å². The first-order chi connectivity index (χ1) is 12.0. The van der Waals surface area contributed by atoms with Gasteiger partial charge in [-0.15, -0.1) is 5.10 Å². The summed E-state index contributed by atoms with van der Waals surface area (Å²) < 4.78 is 15.7. The number of esters is 1. The summed E-state index contributed by atoms with van der Waals surface area (Å²) in [5.74, 6) is 0.622. The van der Waals surface area contributed by atoms with Crippen LogP contribution >= 0.6 is 0 Å². The van der Waals surface area contributed by atoms with E-state index in [4.69, 9.17) is 9.47 Å². The second-order valence-corrected chi connectivity index (χ2v) is 5.44. The summed E-state index contributed by atoms with van der Waals surface area (Å²) in [4.78, 5) is 15.7. The molecule has 3 rings (SSSR count). The highest BCUT2D eigenvalue weighted by atomic mass is 16.6. The van der Waals surface area contributed by atoms with E-state index >= 15 is 0 Å². The third-order valence-electron chi connectivity index (χ3n) is 3.47. The summed E-state index contributed by atoms with van der Waals surface area (Å²) >= 11 is 0. The summed E-state index contributed by atoms with van der Waals surface area (Å²) in [6.45, 7) is 3.60. The van der Waals surface area contributed by atoms with Gasteiger partial charge in [-0.2, -0.15) is 4.98 Å². The van der Waals surface area contributed by atoms with Crippen molar-refractivity contribution in [3.05, 3.63) is 48.0 Å². The molecule has 0 fully saturated rings. The van der Waals surface area contributed by atoms with E-state index in [1.807, 2.05) is 25.1 Å². The molecule has 128 valence electrons. The Morgan fingerprint density at radius 2 is 1.72 bits per heavy atom. The number of carbonyl (C=O) groups is 1. The van der Waals surface area contributed by atoms with Crippen molar-refractivity contribution >= 4 is 17.0 Å². The van der Waals surface area contributed by atoms with Crippen LogP contribution in [0.1, 0.15) is 12.5 Å². The van der Waals surface area contributed by atoms with Crippen LogP contribution in [-0.4, -0.2) is 34.4 Å². The minimum atomic E-state index is -0.687. The Morgan fingerprint density at radius 1 is 1.00 bits per heavy atom. The SMILES string of the molecule is COC(=O)C(C)Oc1ccc(Oc2nnc3ccc(C)cc3n2)cc1. The molecule has 0 aliphatic heterocycles. The van der Waals surface area contributed by atoms with E-state index in [0.29, 0.717) is 17.0 Å². The number of carbonyl (C=O) groups excluding carboxylic acids is 1. The zero-order chi connectivity index (χ0) is 17.8. The van der Waals surface area contributed by atoms with Gasteiger partial charge in [-0.05, 0) is 55.8 Å². The minimum Gasteiger partial charge on any atom is -0.479 e. The third-order valence-corrected chi connectivity index (χ3v) is 3.47. The summed E-state index contributed by atoms with van der Waals surface area (Å²) in [6, 6.07) is 12.7. The number of aryl methyl sites for hydroxylation is 1. The summed E-state index contributed by atoms with van der Waals surface area (Å²) in [6.07, 6.45) is -0.687. The average molecular weight is 339 g/mol. The number of fused-ring (bicyclic) bond motifs is 1. The molecule has 0 N–H and O–H groups in total. The van der Waals surface area contributed by atoms with E-state index < -0.39 is 12.1 Å². The van der Waals surface area contributed by atoms with Crippen LogP contribution in [0.4, 0.5) is 0 Å². The molecule has 25 heavy (non-hydrogen) atoms. The average Bonchev–Trinajstić information content (AvgIpc) is 2.62. The highest BCUT2D eigenvalue weighted by Gasteiger charge is 2.14. The number of methoxy groups -OCH3 is 1. The topological polar surface area (TPSA) is 83.4 Å². The second-order valence-electron chi connectivity index (χ2n) is 5.44. The highest BCUT2D eigenvalue weighted by Crippen LogP contribution is 2.23. The zero-order valence-corrected chi connectivity index (χ0v) is 14.1. The molecule has 0 aliphatic carbocycles. The molecule has 0 radical (unpaired) electrons. The normalized spacial score (nSPS) is 11.8. The molecule has 7 nitrogen and oxygen atoms in total. The van der Waals surface area contributed by atoms with Crippen molar-refractivity contribution in [2.75, 3.05) is 7.11 Å². The Morgan fingerprint density at radius 3 is 2.44 bits per heavy atom. The molecule has 0 spiro atoms. The molecule has 3 aromatic rings. The highest BCUT2D eigenvalue weighted by molar-refractivity contribution is 5.75. The number of aromatic nitrogens is 3. The predicted molar refractivity (Wildman–Crippen MR) is 90.7 cm³/mol. The summed E-state index contributed by atoms with van der Waals surface area (Å²) in [5.41, 5.74) is 2.51. The second kappa shape index (κ2) is 7.12. The van der Waals surface area contributed by atoms with Crippen LogP contribution < -0.4 is 9.47 Å². The lowest BCUT2D eigenvalue weighted by Gasteiger charge is -2.12. The van der Waals surface area contributed by atoms with Crippen molar-refractivity contribution in [1.29, 1.82) is 0 Å². The molecular weight excluding hydrogens is 322 g/mol. The van der Waals surface area contributed by atoms with Gasteiger partial charge in [0.15, 0.2) is 6.10 Å². The Bertz CT molecular complexity index is 896. The smallest absolute Gasteiger partial charge is 0.346 e. The van der Waals surface area contributed by atoms with Gasteiger partial charge in [0, 0.05) is 0 Å². The zero-order valence-electron chi connectivity index (χ0n) is 14.1. The quantitative estimate of drug-likeness (QED) is 0.661. The number of benzene rings is 2. The Hall–Kier alpha value is -3.22. The first-order valence-electron chi connectivity index (χ1n) is 7.68. The van der Waals surface area contributed by atoms with Gasteiger partial charge in [-0.25, -0.2) is 4.79 Å². The number of ether oxygens (including phenoxy) is 3. The van der Waals surface area contributed by atoms with Crippen molar-refractivity contribution < 1.29 is 19.0 Å². The fourth-order valence-electron chi connectivity index (χ4n) is 2.18. The lowest BCUT2D eigenvalue weighted by atomic mass is 10.2. The fourth-order valence-corrected chi connectivity index (χ4v) is 2.18. The standard InChI is InChI=1S/C18H17N3O4/c1-11-4-9-15-16(10-11)19-18(21-20-15)25-14-7-5-13(6-8-14)24-12(2)17(22)23-3/h4-10,12H,1-3H3. The van der Waals surface area contributed by atoms with Crippen molar-refractivity contribution in [1.82, 2.24) is 15.2 Å². The molecule has 2 aromatic carbocycles. The van der Waals surface area contributed by atoms with E-state index in [2.05, 4.69) is 19.9 Å². The lowest BCUT2D eigenvalue weighted by molar-refractivity contribution is -0.147. The molecule has 1 unspecified atom stereocenters. The first kappa shape index (κ1) is 16.6. The predicted octanol–water partition coefficient (Wildman–Crippen LogP) is 3.07. The van der Waals surface area contributed by atoms with Gasteiger partial charge in [0.2, 0.25) is 0 Å². The molecule has 1 heterocycles. The molecule has 0 saturated heterocycles. The molecule has 1 atom stereocenters. The van der Waals surface area contributed by atoms with Crippen LogP contribution in [0.2, 0.25) is 0 Å². The third kappa shape index (κ3) is 4.00. The van der Waals surface area contributed by atoms with Gasteiger partial charge < -0.3 is 14.2 Å². The molecule has 0 bridgehead atoms. The van der Waals surface area contributed by atoms with E-state index in [9.17, 15) is 4.79 Å². The summed E-state index contributed by atoms with van der Waals surface area (Å²) in [7, 11) is 1.32. The van der Waals surface area contributed by atoms with Gasteiger partial charge >= 0.3 is 12.0 Å². The van der Waals surface area contributed by atoms with Gasteiger partial charge in [0.25, 0.3) is 0 Å².